The number of aromatic nitrogens is 3. The summed E-state index contributed by atoms with van der Waals surface area (Å²) in [6.45, 7) is 0. The molecule has 4 rings (SSSR count). The first-order valence-electron chi connectivity index (χ1n) is 8.03. The standard InChI is InChI=1S/C18H15N5O3/c19-17(25)16-12-5-2-9-1-4-11(7-13(9)15(12)22-23-16)21-18(26)10-3-6-14(24)20-8-10/h1,3-4,6-8H,2,5H2,(H2,19,25)(H,20,24)(H,21,26)(H,22,23). The van der Waals surface area contributed by atoms with Gasteiger partial charge in [0.1, 0.15) is 5.69 Å². The lowest BCUT2D eigenvalue weighted by Crippen LogP contribution is -2.16. The van der Waals surface area contributed by atoms with Gasteiger partial charge in [-0.2, -0.15) is 5.10 Å². The highest BCUT2D eigenvalue weighted by atomic mass is 16.2. The average molecular weight is 349 g/mol. The highest BCUT2D eigenvalue weighted by molar-refractivity contribution is 6.04. The molecule has 0 spiro atoms. The minimum Gasteiger partial charge on any atom is -0.364 e. The van der Waals surface area contributed by atoms with Crippen molar-refractivity contribution in [2.45, 2.75) is 12.8 Å². The van der Waals surface area contributed by atoms with Crippen molar-refractivity contribution >= 4 is 17.5 Å². The Morgan fingerprint density at radius 1 is 1.15 bits per heavy atom. The van der Waals surface area contributed by atoms with E-state index in [1.165, 1.54) is 18.3 Å². The van der Waals surface area contributed by atoms with E-state index in [1.807, 2.05) is 18.2 Å². The topological polar surface area (TPSA) is 134 Å². The fourth-order valence-corrected chi connectivity index (χ4v) is 3.14. The zero-order chi connectivity index (χ0) is 18.3. The van der Waals surface area contributed by atoms with Gasteiger partial charge in [0, 0.05) is 29.1 Å². The number of carbonyl (C=O) groups excluding carboxylic acids is 2. The van der Waals surface area contributed by atoms with Crippen LogP contribution >= 0.6 is 0 Å². The summed E-state index contributed by atoms with van der Waals surface area (Å²) in [5.74, 6) is -0.873. The van der Waals surface area contributed by atoms with Crippen molar-refractivity contribution in [1.29, 1.82) is 0 Å². The number of pyridine rings is 1. The number of nitrogens with two attached hydrogens (primary N) is 1. The molecule has 5 N–H and O–H groups in total. The van der Waals surface area contributed by atoms with Crippen LogP contribution in [-0.4, -0.2) is 27.0 Å². The monoisotopic (exact) mass is 349 g/mol. The van der Waals surface area contributed by atoms with Crippen LogP contribution in [0.25, 0.3) is 11.3 Å². The molecule has 8 heteroatoms. The zero-order valence-corrected chi connectivity index (χ0v) is 13.6. The number of aryl methyl sites for hydroxylation is 1. The lowest BCUT2D eigenvalue weighted by Gasteiger charge is -2.17. The molecule has 3 aromatic rings. The van der Waals surface area contributed by atoms with Gasteiger partial charge in [-0.1, -0.05) is 6.07 Å². The number of nitrogens with zero attached hydrogens (tertiary/aromatic N) is 1. The van der Waals surface area contributed by atoms with Crippen LogP contribution in [0.5, 0.6) is 0 Å². The summed E-state index contributed by atoms with van der Waals surface area (Å²) in [5, 5.41) is 9.73. The molecule has 8 nitrogen and oxygen atoms in total. The highest BCUT2D eigenvalue weighted by Crippen LogP contribution is 2.35. The Morgan fingerprint density at radius 3 is 2.73 bits per heavy atom. The number of fused-ring (bicyclic) bond motifs is 3. The fourth-order valence-electron chi connectivity index (χ4n) is 3.14. The summed E-state index contributed by atoms with van der Waals surface area (Å²) < 4.78 is 0. The van der Waals surface area contributed by atoms with Gasteiger partial charge >= 0.3 is 0 Å². The number of nitrogens with one attached hydrogen (secondary N) is 3. The van der Waals surface area contributed by atoms with Crippen molar-refractivity contribution in [3.8, 4) is 11.3 Å². The maximum absolute atomic E-state index is 12.3. The number of amides is 2. The minimum absolute atomic E-state index is 0.272. The second kappa shape index (κ2) is 5.99. The summed E-state index contributed by atoms with van der Waals surface area (Å²) in [4.78, 5) is 37.4. The fraction of sp³-hybridized carbons (Fsp3) is 0.111. The Morgan fingerprint density at radius 2 is 2.00 bits per heavy atom. The molecule has 1 aliphatic rings. The van der Waals surface area contributed by atoms with Crippen molar-refractivity contribution < 1.29 is 9.59 Å². The largest absolute Gasteiger partial charge is 0.364 e. The van der Waals surface area contributed by atoms with Gasteiger partial charge in [0.25, 0.3) is 11.8 Å². The molecule has 130 valence electrons. The van der Waals surface area contributed by atoms with Crippen LogP contribution in [0, 0.1) is 0 Å². The summed E-state index contributed by atoms with van der Waals surface area (Å²) in [5.41, 5.74) is 9.80. The van der Waals surface area contributed by atoms with Crippen molar-refractivity contribution in [2.75, 3.05) is 5.32 Å². The van der Waals surface area contributed by atoms with E-state index >= 15 is 0 Å². The average Bonchev–Trinajstić information content (AvgIpc) is 3.07. The Hall–Kier alpha value is -3.68. The van der Waals surface area contributed by atoms with E-state index in [2.05, 4.69) is 20.5 Å². The number of benzene rings is 1. The third-order valence-corrected chi connectivity index (χ3v) is 4.43. The molecule has 26 heavy (non-hydrogen) atoms. The molecular formula is C18H15N5O3. The molecule has 0 atom stereocenters. The van der Waals surface area contributed by atoms with Gasteiger partial charge in [0.2, 0.25) is 5.56 Å². The van der Waals surface area contributed by atoms with E-state index < -0.39 is 5.91 Å². The van der Waals surface area contributed by atoms with Crippen LogP contribution in [0.2, 0.25) is 0 Å². The Kier molecular flexibility index (Phi) is 3.65. The predicted octanol–water partition coefficient (Wildman–Crippen LogP) is 1.21. The van der Waals surface area contributed by atoms with Crippen molar-refractivity contribution in [3.05, 3.63) is 69.3 Å². The summed E-state index contributed by atoms with van der Waals surface area (Å²) in [6, 6.07) is 8.32. The second-order valence-electron chi connectivity index (χ2n) is 6.06. The third-order valence-electron chi connectivity index (χ3n) is 4.43. The molecule has 2 amide bonds. The van der Waals surface area contributed by atoms with Crippen molar-refractivity contribution in [2.24, 2.45) is 5.73 Å². The molecule has 0 radical (unpaired) electrons. The normalized spacial score (nSPS) is 12.2. The first-order chi connectivity index (χ1) is 12.5. The quantitative estimate of drug-likeness (QED) is 0.565. The summed E-state index contributed by atoms with van der Waals surface area (Å²) in [6.07, 6.45) is 2.80. The maximum Gasteiger partial charge on any atom is 0.267 e. The number of hydrogen-bond acceptors (Lipinski definition) is 4. The molecule has 0 aliphatic heterocycles. The molecule has 0 saturated carbocycles. The summed E-state index contributed by atoms with van der Waals surface area (Å²) >= 11 is 0. The molecule has 2 aromatic heterocycles. The lowest BCUT2D eigenvalue weighted by atomic mass is 9.88. The van der Waals surface area contributed by atoms with Gasteiger partial charge in [-0.25, -0.2) is 0 Å². The second-order valence-corrected chi connectivity index (χ2v) is 6.06. The van der Waals surface area contributed by atoms with Crippen LogP contribution in [0.4, 0.5) is 5.69 Å². The first kappa shape index (κ1) is 15.8. The van der Waals surface area contributed by atoms with Crippen LogP contribution in [-0.2, 0) is 12.8 Å². The number of carbonyl (C=O) groups is 2. The number of H-pyrrole nitrogens is 2. The number of primary amides is 1. The van der Waals surface area contributed by atoms with Crippen molar-refractivity contribution in [3.63, 3.8) is 0 Å². The van der Waals surface area contributed by atoms with E-state index in [0.29, 0.717) is 29.1 Å². The maximum atomic E-state index is 12.3. The number of hydrogen-bond donors (Lipinski definition) is 4. The van der Waals surface area contributed by atoms with E-state index in [4.69, 9.17) is 5.73 Å². The number of rotatable bonds is 3. The van der Waals surface area contributed by atoms with Crippen LogP contribution in [0.1, 0.15) is 32.0 Å². The molecule has 1 aromatic carbocycles. The number of anilines is 1. The van der Waals surface area contributed by atoms with Crippen LogP contribution < -0.4 is 16.6 Å². The van der Waals surface area contributed by atoms with E-state index in [1.54, 1.807) is 0 Å². The smallest absolute Gasteiger partial charge is 0.267 e. The van der Waals surface area contributed by atoms with Gasteiger partial charge in [-0.3, -0.25) is 19.5 Å². The predicted molar refractivity (Wildman–Crippen MR) is 95.0 cm³/mol. The van der Waals surface area contributed by atoms with Crippen LogP contribution in [0.15, 0.2) is 41.3 Å². The molecule has 0 unspecified atom stereocenters. The third kappa shape index (κ3) is 2.67. The summed E-state index contributed by atoms with van der Waals surface area (Å²) in [7, 11) is 0. The van der Waals surface area contributed by atoms with Gasteiger partial charge in [0.05, 0.1) is 11.3 Å². The van der Waals surface area contributed by atoms with Gasteiger partial charge in [-0.05, 0) is 36.6 Å². The lowest BCUT2D eigenvalue weighted by molar-refractivity contribution is 0.0992. The molecule has 0 fully saturated rings. The molecule has 1 aliphatic carbocycles. The zero-order valence-electron chi connectivity index (χ0n) is 13.6. The van der Waals surface area contributed by atoms with E-state index in [9.17, 15) is 14.4 Å². The first-order valence-corrected chi connectivity index (χ1v) is 8.03. The number of aromatic amines is 2. The van der Waals surface area contributed by atoms with E-state index in [0.717, 1.165) is 23.1 Å². The van der Waals surface area contributed by atoms with Gasteiger partial charge in [0.15, 0.2) is 0 Å². The Balaban J connectivity index is 1.66. The Bertz CT molecular complexity index is 1080. The Labute approximate surface area is 147 Å². The molecule has 0 bridgehead atoms. The van der Waals surface area contributed by atoms with Crippen LogP contribution in [0.3, 0.4) is 0 Å². The minimum atomic E-state index is -0.537. The SMILES string of the molecule is NC(=O)c1[nH]nc2c1CCc1ccc(NC(=O)c3ccc(=O)[nH]c3)cc1-2. The molecule has 2 heterocycles. The van der Waals surface area contributed by atoms with E-state index in [-0.39, 0.29) is 11.5 Å². The van der Waals surface area contributed by atoms with Gasteiger partial charge in [-0.15, -0.1) is 0 Å². The van der Waals surface area contributed by atoms with Gasteiger partial charge < -0.3 is 16.0 Å². The molecule has 0 saturated heterocycles. The van der Waals surface area contributed by atoms with Crippen molar-refractivity contribution in [1.82, 2.24) is 15.2 Å². The highest BCUT2D eigenvalue weighted by Gasteiger charge is 2.24. The molecular weight excluding hydrogens is 334 g/mol.